The summed E-state index contributed by atoms with van der Waals surface area (Å²) in [4.78, 5) is 3.65. The molecule has 0 aliphatic heterocycles. The summed E-state index contributed by atoms with van der Waals surface area (Å²) >= 11 is 0. The van der Waals surface area contributed by atoms with Crippen molar-refractivity contribution in [1.82, 2.24) is 0 Å². The molecule has 10 heavy (non-hydrogen) atoms. The second kappa shape index (κ2) is 2.97. The molecule has 0 spiro atoms. The van der Waals surface area contributed by atoms with Crippen LogP contribution in [-0.4, -0.2) is 6.72 Å². The standard InChI is InChI=1S/C9H9N/c1-8-5-3-4-6-9(8)7-10-2/h3-7H,1-2H2/b9-7-. The molecule has 0 atom stereocenters. The Morgan fingerprint density at radius 3 is 2.60 bits per heavy atom. The molecule has 1 rings (SSSR count). The average molecular weight is 131 g/mol. The van der Waals surface area contributed by atoms with Gasteiger partial charge in [-0.2, -0.15) is 0 Å². The molecule has 50 valence electrons. The monoisotopic (exact) mass is 131 g/mol. The summed E-state index contributed by atoms with van der Waals surface area (Å²) in [5.74, 6) is 0. The molecule has 1 heteroatoms. The van der Waals surface area contributed by atoms with E-state index >= 15 is 0 Å². The molecule has 0 aliphatic carbocycles. The highest BCUT2D eigenvalue weighted by molar-refractivity contribution is 5.36. The molecule has 0 fully saturated rings. The van der Waals surface area contributed by atoms with Gasteiger partial charge in [-0.25, -0.2) is 0 Å². The summed E-state index contributed by atoms with van der Waals surface area (Å²) in [6.45, 7) is 7.18. The summed E-state index contributed by atoms with van der Waals surface area (Å²) in [6.07, 6.45) is 1.70. The molecule has 0 radical (unpaired) electrons. The highest BCUT2D eigenvalue weighted by Crippen LogP contribution is 1.70. The molecule has 0 N–H and O–H groups in total. The minimum atomic E-state index is 0.981. The highest BCUT2D eigenvalue weighted by atomic mass is 14.6. The van der Waals surface area contributed by atoms with Gasteiger partial charge in [0.15, 0.2) is 0 Å². The van der Waals surface area contributed by atoms with Crippen molar-refractivity contribution in [3.05, 3.63) is 34.7 Å². The average Bonchev–Trinajstić information content (AvgIpc) is 1.94. The smallest absolute Gasteiger partial charge is 0.0338 e. The first kappa shape index (κ1) is 6.75. The van der Waals surface area contributed by atoms with E-state index in [4.69, 9.17) is 0 Å². The molecular formula is C9H9N. The van der Waals surface area contributed by atoms with Crippen LogP contribution in [0.4, 0.5) is 0 Å². The van der Waals surface area contributed by atoms with Gasteiger partial charge in [0.2, 0.25) is 0 Å². The third-order valence-electron chi connectivity index (χ3n) is 1.29. The lowest BCUT2D eigenvalue weighted by atomic mass is 10.3. The third kappa shape index (κ3) is 1.32. The van der Waals surface area contributed by atoms with Gasteiger partial charge in [0.25, 0.3) is 0 Å². The van der Waals surface area contributed by atoms with E-state index in [0.717, 1.165) is 10.4 Å². The van der Waals surface area contributed by atoms with Crippen LogP contribution in [0.25, 0.3) is 12.8 Å². The number of hydrogen-bond donors (Lipinski definition) is 0. The second-order valence-corrected chi connectivity index (χ2v) is 2.01. The number of hydrogen-bond acceptors (Lipinski definition) is 1. The van der Waals surface area contributed by atoms with E-state index in [1.807, 2.05) is 24.3 Å². The normalized spacial score (nSPS) is 11.4. The molecule has 0 heterocycles. The molecule has 1 aromatic carbocycles. The van der Waals surface area contributed by atoms with Crippen molar-refractivity contribution in [2.75, 3.05) is 0 Å². The van der Waals surface area contributed by atoms with Crippen LogP contribution >= 0.6 is 0 Å². The Morgan fingerprint density at radius 2 is 2.00 bits per heavy atom. The quantitative estimate of drug-likeness (QED) is 0.493. The first-order valence-corrected chi connectivity index (χ1v) is 3.04. The first-order chi connectivity index (χ1) is 4.84. The third-order valence-corrected chi connectivity index (χ3v) is 1.29. The maximum atomic E-state index is 3.82. The molecule has 0 amide bonds. The maximum Gasteiger partial charge on any atom is 0.0338 e. The Balaban J connectivity index is 3.43. The topological polar surface area (TPSA) is 12.4 Å². The summed E-state index contributed by atoms with van der Waals surface area (Å²) in [5, 5.41) is 2.01. The van der Waals surface area contributed by atoms with Crippen molar-refractivity contribution >= 4 is 19.5 Å². The zero-order valence-corrected chi connectivity index (χ0v) is 5.75. The SMILES string of the molecule is C=N/C=c1/ccccc1=C. The Labute approximate surface area is 60.0 Å². The predicted molar refractivity (Wildman–Crippen MR) is 45.2 cm³/mol. The van der Waals surface area contributed by atoms with Gasteiger partial charge < -0.3 is 0 Å². The van der Waals surface area contributed by atoms with Crippen molar-refractivity contribution in [3.8, 4) is 0 Å². The Bertz CT molecular complexity index is 325. The number of rotatable bonds is 1. The van der Waals surface area contributed by atoms with Crippen LogP contribution in [0.3, 0.4) is 0 Å². The molecule has 0 unspecified atom stereocenters. The van der Waals surface area contributed by atoms with Gasteiger partial charge in [-0.1, -0.05) is 30.8 Å². The lowest BCUT2D eigenvalue weighted by Gasteiger charge is -1.83. The zero-order chi connectivity index (χ0) is 7.40. The Kier molecular flexibility index (Phi) is 2.00. The lowest BCUT2D eigenvalue weighted by molar-refractivity contribution is 1.51. The summed E-state index contributed by atoms with van der Waals surface area (Å²) in [7, 11) is 0. The molecule has 1 aromatic rings. The first-order valence-electron chi connectivity index (χ1n) is 3.04. The van der Waals surface area contributed by atoms with Crippen LogP contribution in [0.5, 0.6) is 0 Å². The molecular weight excluding hydrogens is 122 g/mol. The Hall–Kier alpha value is -1.37. The van der Waals surface area contributed by atoms with E-state index in [2.05, 4.69) is 18.3 Å². The van der Waals surface area contributed by atoms with Gasteiger partial charge in [0.05, 0.1) is 0 Å². The fourth-order valence-electron chi connectivity index (χ4n) is 0.758. The summed E-state index contributed by atoms with van der Waals surface area (Å²) in [5.41, 5.74) is 0. The van der Waals surface area contributed by atoms with Gasteiger partial charge >= 0.3 is 0 Å². The highest BCUT2D eigenvalue weighted by Gasteiger charge is 1.76. The maximum absolute atomic E-state index is 3.82. The van der Waals surface area contributed by atoms with Crippen LogP contribution in [0.2, 0.25) is 0 Å². The van der Waals surface area contributed by atoms with Crippen LogP contribution < -0.4 is 10.4 Å². The van der Waals surface area contributed by atoms with E-state index in [1.54, 1.807) is 6.20 Å². The second-order valence-electron chi connectivity index (χ2n) is 2.01. The number of benzene rings is 1. The van der Waals surface area contributed by atoms with E-state index in [1.165, 1.54) is 0 Å². The van der Waals surface area contributed by atoms with Gasteiger partial charge in [0.1, 0.15) is 0 Å². The van der Waals surface area contributed by atoms with E-state index in [9.17, 15) is 0 Å². The minimum Gasteiger partial charge on any atom is -0.272 e. The van der Waals surface area contributed by atoms with Crippen LogP contribution in [-0.2, 0) is 0 Å². The van der Waals surface area contributed by atoms with Crippen LogP contribution in [0, 0.1) is 0 Å². The van der Waals surface area contributed by atoms with E-state index < -0.39 is 0 Å². The fraction of sp³-hybridized carbons (Fsp3) is 0. The van der Waals surface area contributed by atoms with E-state index in [0.29, 0.717) is 0 Å². The minimum absolute atomic E-state index is 0.981. The molecule has 0 aliphatic rings. The lowest BCUT2D eigenvalue weighted by Crippen LogP contribution is -2.21. The molecule has 0 saturated heterocycles. The van der Waals surface area contributed by atoms with Crippen molar-refractivity contribution in [2.45, 2.75) is 0 Å². The van der Waals surface area contributed by atoms with Crippen molar-refractivity contribution in [1.29, 1.82) is 0 Å². The van der Waals surface area contributed by atoms with E-state index in [-0.39, 0.29) is 0 Å². The van der Waals surface area contributed by atoms with Crippen molar-refractivity contribution in [2.24, 2.45) is 4.99 Å². The van der Waals surface area contributed by atoms with Crippen LogP contribution in [0.1, 0.15) is 0 Å². The van der Waals surface area contributed by atoms with Gasteiger partial charge in [0, 0.05) is 6.20 Å². The predicted octanol–water partition coefficient (Wildman–Crippen LogP) is 0.536. The number of aliphatic imine (C=N–C) groups is 1. The largest absolute Gasteiger partial charge is 0.272 e. The zero-order valence-electron chi connectivity index (χ0n) is 5.75. The van der Waals surface area contributed by atoms with Crippen molar-refractivity contribution in [3.63, 3.8) is 0 Å². The fourth-order valence-corrected chi connectivity index (χ4v) is 0.758. The van der Waals surface area contributed by atoms with Gasteiger partial charge in [-0.15, -0.1) is 0 Å². The number of nitrogens with zero attached hydrogens (tertiary/aromatic N) is 1. The summed E-state index contributed by atoms with van der Waals surface area (Å²) in [6, 6.07) is 7.79. The molecule has 1 nitrogen and oxygen atoms in total. The van der Waals surface area contributed by atoms with Crippen molar-refractivity contribution < 1.29 is 0 Å². The molecule has 0 saturated carbocycles. The van der Waals surface area contributed by atoms with Gasteiger partial charge in [-0.3, -0.25) is 4.99 Å². The van der Waals surface area contributed by atoms with Gasteiger partial charge in [-0.05, 0) is 17.2 Å². The molecule has 0 bridgehead atoms. The summed E-state index contributed by atoms with van der Waals surface area (Å²) < 4.78 is 0. The van der Waals surface area contributed by atoms with Crippen LogP contribution in [0.15, 0.2) is 29.3 Å². The Morgan fingerprint density at radius 1 is 1.30 bits per heavy atom. The molecule has 0 aromatic heterocycles.